The fourth-order valence-corrected chi connectivity index (χ4v) is 11.8. The summed E-state index contributed by atoms with van der Waals surface area (Å²) in [7, 11) is 0. The molecule has 0 bridgehead atoms. The lowest BCUT2D eigenvalue weighted by Gasteiger charge is -2.16. The number of rotatable bonds is 15. The van der Waals surface area contributed by atoms with Crippen molar-refractivity contribution in [2.24, 2.45) is 0 Å². The normalized spacial score (nSPS) is 11.3. The van der Waals surface area contributed by atoms with E-state index >= 15 is 0 Å². The van der Waals surface area contributed by atoms with Gasteiger partial charge in [0.05, 0.1) is 17.1 Å². The van der Waals surface area contributed by atoms with Gasteiger partial charge in [-0.1, -0.05) is 231 Å². The second kappa shape index (κ2) is 22.9. The number of furan rings is 1. The monoisotopic (exact) mass is 1060 g/mol. The molecule has 0 atom stereocenters. The molecule has 0 unspecified atom stereocenters. The Morgan fingerprint density at radius 3 is 1.14 bits per heavy atom. The van der Waals surface area contributed by atoms with E-state index in [1.54, 1.807) is 0 Å². The maximum Gasteiger partial charge on any atom is 0.136 e. The summed E-state index contributed by atoms with van der Waals surface area (Å²) < 4.78 is 6.52. The summed E-state index contributed by atoms with van der Waals surface area (Å²) in [6, 6.07) is 99.5. The fourth-order valence-electron chi connectivity index (χ4n) is 11.8. The quantitative estimate of drug-likeness (QED) is 0.103. The standard InChI is InChI=1S/C79H57N3O/c1-6-19-56(20-7-1)62-37-40-71-72-41-38-63(48-79(72)83-78(71)47-62)61-29-18-30-64(46-61)75-42-39-65(51-80-75)69-31-16-17-32-70(69)68-44-54(33-35-66-52-81-76(59-25-12-4-13-26-59)49-73(66)57-21-8-2-9-22-57)43-55(45-68)34-36-67-53-82-77(60-27-14-5-15-28-60)50-74(67)58-23-10-3-11-24-58/h1-32,37-53H,33-36H2. The van der Waals surface area contributed by atoms with Gasteiger partial charge in [0, 0.05) is 51.6 Å². The van der Waals surface area contributed by atoms with E-state index in [2.05, 4.69) is 285 Å². The summed E-state index contributed by atoms with van der Waals surface area (Å²) >= 11 is 0. The highest BCUT2D eigenvalue weighted by Gasteiger charge is 2.17. The van der Waals surface area contributed by atoms with E-state index in [0.29, 0.717) is 0 Å². The first kappa shape index (κ1) is 50.7. The molecule has 0 saturated carbocycles. The molecule has 0 saturated heterocycles. The highest BCUT2D eigenvalue weighted by Crippen LogP contribution is 2.39. The Morgan fingerprint density at radius 2 is 0.639 bits per heavy atom. The number of aromatic nitrogens is 3. The molecule has 394 valence electrons. The van der Waals surface area contributed by atoms with Gasteiger partial charge in [0.2, 0.25) is 0 Å². The molecule has 0 amide bonds. The lowest BCUT2D eigenvalue weighted by molar-refractivity contribution is 0.669. The number of fused-ring (bicyclic) bond motifs is 3. The van der Waals surface area contributed by atoms with Gasteiger partial charge in [-0.3, -0.25) is 15.0 Å². The number of hydrogen-bond donors (Lipinski definition) is 0. The zero-order valence-electron chi connectivity index (χ0n) is 45.9. The molecular weight excluding hydrogens is 1010 g/mol. The van der Waals surface area contributed by atoms with Crippen molar-refractivity contribution in [1.82, 2.24) is 15.0 Å². The van der Waals surface area contributed by atoms with E-state index in [1.165, 1.54) is 61.2 Å². The molecule has 10 aromatic carbocycles. The second-order valence-corrected chi connectivity index (χ2v) is 21.4. The van der Waals surface area contributed by atoms with Crippen molar-refractivity contribution in [2.75, 3.05) is 0 Å². The molecule has 4 heterocycles. The summed E-state index contributed by atoms with van der Waals surface area (Å²) in [5, 5.41) is 2.23. The summed E-state index contributed by atoms with van der Waals surface area (Å²) in [6.07, 6.45) is 9.57. The van der Waals surface area contributed by atoms with Gasteiger partial charge in [-0.15, -0.1) is 0 Å². The van der Waals surface area contributed by atoms with Crippen molar-refractivity contribution in [2.45, 2.75) is 25.7 Å². The Kier molecular flexibility index (Phi) is 14.0. The van der Waals surface area contributed by atoms with Crippen LogP contribution in [0.1, 0.15) is 22.3 Å². The average Bonchev–Trinajstić information content (AvgIpc) is 4.22. The maximum absolute atomic E-state index is 6.52. The molecule has 0 aliphatic heterocycles. The van der Waals surface area contributed by atoms with Crippen LogP contribution in [0.25, 0.3) is 122 Å². The Labute approximate surface area is 484 Å². The zero-order valence-corrected chi connectivity index (χ0v) is 45.9. The SMILES string of the molecule is c1ccc(-c2ccc3c(c2)oc2cc(-c4cccc(-c5ccc(-c6ccccc6-c6cc(CCc7cnc(-c8ccccc8)cc7-c7ccccc7)cc(CCc7cnc(-c8ccccc8)cc7-c7ccccc7)c6)cn5)c4)ccc23)cc1. The van der Waals surface area contributed by atoms with Crippen LogP contribution in [0, 0.1) is 0 Å². The minimum atomic E-state index is 0.830. The molecule has 4 heteroatoms. The van der Waals surface area contributed by atoms with Gasteiger partial charge in [0.15, 0.2) is 0 Å². The third kappa shape index (κ3) is 10.8. The van der Waals surface area contributed by atoms with Gasteiger partial charge in [-0.25, -0.2) is 0 Å². The van der Waals surface area contributed by atoms with Crippen LogP contribution in [0.2, 0.25) is 0 Å². The van der Waals surface area contributed by atoms with Gasteiger partial charge in [0.1, 0.15) is 11.2 Å². The number of hydrogen-bond acceptors (Lipinski definition) is 4. The molecule has 4 aromatic heterocycles. The Balaban J connectivity index is 0.784. The Hall–Kier alpha value is -10.6. The smallest absolute Gasteiger partial charge is 0.136 e. The van der Waals surface area contributed by atoms with Crippen molar-refractivity contribution in [3.63, 3.8) is 0 Å². The van der Waals surface area contributed by atoms with Crippen LogP contribution in [0.5, 0.6) is 0 Å². The summed E-state index contributed by atoms with van der Waals surface area (Å²) in [5.41, 5.74) is 26.8. The summed E-state index contributed by atoms with van der Waals surface area (Å²) in [6.45, 7) is 0. The van der Waals surface area contributed by atoms with Crippen molar-refractivity contribution in [1.29, 1.82) is 0 Å². The third-order valence-corrected chi connectivity index (χ3v) is 16.1. The van der Waals surface area contributed by atoms with Crippen LogP contribution < -0.4 is 0 Å². The van der Waals surface area contributed by atoms with Crippen molar-refractivity contribution in [3.05, 3.63) is 320 Å². The number of nitrogens with zero attached hydrogens (tertiary/aromatic N) is 3. The Morgan fingerprint density at radius 1 is 0.229 bits per heavy atom. The van der Waals surface area contributed by atoms with Crippen molar-refractivity contribution in [3.8, 4) is 101 Å². The van der Waals surface area contributed by atoms with E-state index in [0.717, 1.165) is 109 Å². The van der Waals surface area contributed by atoms with Gasteiger partial charge < -0.3 is 4.42 Å². The molecule has 14 aromatic rings. The van der Waals surface area contributed by atoms with E-state index in [-0.39, 0.29) is 0 Å². The lowest BCUT2D eigenvalue weighted by Crippen LogP contribution is -2.01. The second-order valence-electron chi connectivity index (χ2n) is 21.4. The average molecular weight is 1060 g/mol. The Bertz CT molecular complexity index is 4430. The van der Waals surface area contributed by atoms with Crippen molar-refractivity contribution >= 4 is 21.9 Å². The molecule has 83 heavy (non-hydrogen) atoms. The van der Waals surface area contributed by atoms with E-state index in [9.17, 15) is 0 Å². The summed E-state index contributed by atoms with van der Waals surface area (Å²) in [5.74, 6) is 0. The predicted molar refractivity (Wildman–Crippen MR) is 344 cm³/mol. The number of benzene rings is 10. The minimum absolute atomic E-state index is 0.830. The molecule has 0 radical (unpaired) electrons. The maximum atomic E-state index is 6.52. The summed E-state index contributed by atoms with van der Waals surface area (Å²) in [4.78, 5) is 15.3. The van der Waals surface area contributed by atoms with Gasteiger partial charge >= 0.3 is 0 Å². The topological polar surface area (TPSA) is 51.8 Å². The fraction of sp³-hybridized carbons (Fsp3) is 0.0506. The van der Waals surface area contributed by atoms with Gasteiger partial charge in [-0.05, 0) is 158 Å². The lowest BCUT2D eigenvalue weighted by atomic mass is 9.89. The number of pyridine rings is 3. The molecule has 0 spiro atoms. The van der Waals surface area contributed by atoms with Crippen LogP contribution in [-0.4, -0.2) is 15.0 Å². The van der Waals surface area contributed by atoms with Crippen LogP contribution in [0.4, 0.5) is 0 Å². The first-order chi connectivity index (χ1) is 41.1. The minimum Gasteiger partial charge on any atom is -0.456 e. The molecule has 0 N–H and O–H groups in total. The van der Waals surface area contributed by atoms with Crippen LogP contribution in [-0.2, 0) is 25.7 Å². The zero-order chi connectivity index (χ0) is 55.3. The molecule has 0 aliphatic carbocycles. The van der Waals surface area contributed by atoms with E-state index in [4.69, 9.17) is 19.4 Å². The highest BCUT2D eigenvalue weighted by atomic mass is 16.3. The largest absolute Gasteiger partial charge is 0.456 e. The van der Waals surface area contributed by atoms with Gasteiger partial charge in [-0.2, -0.15) is 0 Å². The molecule has 0 fully saturated rings. The van der Waals surface area contributed by atoms with Gasteiger partial charge in [0.25, 0.3) is 0 Å². The third-order valence-electron chi connectivity index (χ3n) is 16.1. The highest BCUT2D eigenvalue weighted by molar-refractivity contribution is 6.07. The van der Waals surface area contributed by atoms with E-state index < -0.39 is 0 Å². The van der Waals surface area contributed by atoms with Crippen LogP contribution in [0.3, 0.4) is 0 Å². The van der Waals surface area contributed by atoms with Crippen LogP contribution >= 0.6 is 0 Å². The van der Waals surface area contributed by atoms with E-state index in [1.807, 2.05) is 12.3 Å². The first-order valence-corrected chi connectivity index (χ1v) is 28.6. The van der Waals surface area contributed by atoms with Crippen molar-refractivity contribution < 1.29 is 4.42 Å². The van der Waals surface area contributed by atoms with Crippen LogP contribution in [0.15, 0.2) is 302 Å². The molecule has 0 aliphatic rings. The number of aryl methyl sites for hydroxylation is 4. The predicted octanol–water partition coefficient (Wildman–Crippen LogP) is 20.3. The molecule has 14 rings (SSSR count). The molecule has 4 nitrogen and oxygen atoms in total. The molecular formula is C79H57N3O. The first-order valence-electron chi connectivity index (χ1n) is 28.6.